The number of halogens is 1. The molecule has 1 heterocycles. The number of anilines is 1. The molecule has 0 aliphatic carbocycles. The molecule has 3 rings (SSSR count). The molecule has 0 radical (unpaired) electrons. The molecule has 0 saturated heterocycles. The van der Waals surface area contributed by atoms with Crippen LogP contribution < -0.4 is 14.8 Å². The Morgan fingerprint density at radius 2 is 1.96 bits per heavy atom. The smallest absolute Gasteiger partial charge is 0.271 e. The number of carbonyl (C=O) groups excluding carboxylic acids is 1. The standard InChI is InChI=1S/C16H13ClN2O5S/c17-12-7-10(19(21)22)1-3-13(12)18-16(20)9-25-11-2-4-14-15(8-11)24-6-5-23-14/h1-4,7-8H,5-6,9H2,(H,18,20). The Morgan fingerprint density at radius 1 is 1.20 bits per heavy atom. The fourth-order valence-corrected chi connectivity index (χ4v) is 3.11. The van der Waals surface area contributed by atoms with Gasteiger partial charge in [0, 0.05) is 17.0 Å². The number of thioether (sulfide) groups is 1. The second-order valence-electron chi connectivity index (χ2n) is 5.06. The van der Waals surface area contributed by atoms with Gasteiger partial charge in [0.1, 0.15) is 13.2 Å². The van der Waals surface area contributed by atoms with Crippen LogP contribution in [0.1, 0.15) is 0 Å². The zero-order valence-electron chi connectivity index (χ0n) is 12.9. The molecular weight excluding hydrogens is 368 g/mol. The number of carbonyl (C=O) groups is 1. The van der Waals surface area contributed by atoms with Crippen molar-refractivity contribution in [2.45, 2.75) is 4.90 Å². The van der Waals surface area contributed by atoms with Gasteiger partial charge in [0.15, 0.2) is 11.5 Å². The molecule has 0 unspecified atom stereocenters. The quantitative estimate of drug-likeness (QED) is 0.482. The van der Waals surface area contributed by atoms with E-state index in [2.05, 4.69) is 5.32 Å². The van der Waals surface area contributed by atoms with Crippen molar-refractivity contribution in [3.05, 3.63) is 51.5 Å². The summed E-state index contributed by atoms with van der Waals surface area (Å²) in [6.45, 7) is 1.03. The van der Waals surface area contributed by atoms with Gasteiger partial charge >= 0.3 is 0 Å². The number of ether oxygens (including phenoxy) is 2. The second kappa shape index (κ2) is 7.62. The van der Waals surface area contributed by atoms with E-state index in [1.54, 1.807) is 0 Å². The molecule has 0 spiro atoms. The maximum Gasteiger partial charge on any atom is 0.271 e. The summed E-state index contributed by atoms with van der Waals surface area (Å²) < 4.78 is 10.9. The lowest BCUT2D eigenvalue weighted by atomic mass is 10.3. The van der Waals surface area contributed by atoms with Gasteiger partial charge in [-0.3, -0.25) is 14.9 Å². The Kier molecular flexibility index (Phi) is 5.30. The highest BCUT2D eigenvalue weighted by atomic mass is 35.5. The first-order valence-electron chi connectivity index (χ1n) is 7.29. The van der Waals surface area contributed by atoms with Gasteiger partial charge in [0.2, 0.25) is 5.91 Å². The van der Waals surface area contributed by atoms with E-state index >= 15 is 0 Å². The lowest BCUT2D eigenvalue weighted by molar-refractivity contribution is -0.384. The van der Waals surface area contributed by atoms with E-state index in [4.69, 9.17) is 21.1 Å². The summed E-state index contributed by atoms with van der Waals surface area (Å²) in [7, 11) is 0. The summed E-state index contributed by atoms with van der Waals surface area (Å²) in [5.74, 6) is 1.25. The normalized spacial score (nSPS) is 12.5. The van der Waals surface area contributed by atoms with Crippen molar-refractivity contribution in [1.29, 1.82) is 0 Å². The predicted molar refractivity (Wildman–Crippen MR) is 94.9 cm³/mol. The SMILES string of the molecule is O=C(CSc1ccc2c(c1)OCCO2)Nc1ccc([N+](=O)[O-])cc1Cl. The van der Waals surface area contributed by atoms with E-state index < -0.39 is 4.92 Å². The lowest BCUT2D eigenvalue weighted by Crippen LogP contribution is -2.15. The molecule has 2 aromatic carbocycles. The van der Waals surface area contributed by atoms with Crippen LogP contribution in [0.4, 0.5) is 11.4 Å². The number of nitrogens with one attached hydrogen (secondary N) is 1. The Labute approximate surface area is 152 Å². The van der Waals surface area contributed by atoms with Crippen molar-refractivity contribution in [2.24, 2.45) is 0 Å². The Balaban J connectivity index is 1.59. The molecule has 1 N–H and O–H groups in total. The molecule has 0 bridgehead atoms. The number of non-ortho nitro benzene ring substituents is 1. The van der Waals surface area contributed by atoms with E-state index in [1.807, 2.05) is 18.2 Å². The van der Waals surface area contributed by atoms with Gasteiger partial charge in [-0.05, 0) is 24.3 Å². The summed E-state index contributed by atoms with van der Waals surface area (Å²) in [4.78, 5) is 23.1. The van der Waals surface area contributed by atoms with E-state index in [0.717, 1.165) is 4.90 Å². The number of hydrogen-bond donors (Lipinski definition) is 1. The third kappa shape index (κ3) is 4.34. The number of nitro groups is 1. The molecule has 130 valence electrons. The first kappa shape index (κ1) is 17.4. The molecule has 1 aliphatic rings. The van der Waals surface area contributed by atoms with Gasteiger partial charge < -0.3 is 14.8 Å². The van der Waals surface area contributed by atoms with Crippen molar-refractivity contribution >= 4 is 40.6 Å². The van der Waals surface area contributed by atoms with Crippen molar-refractivity contribution in [3.8, 4) is 11.5 Å². The van der Waals surface area contributed by atoms with Crippen molar-refractivity contribution in [2.75, 3.05) is 24.3 Å². The zero-order valence-corrected chi connectivity index (χ0v) is 14.4. The molecule has 0 fully saturated rings. The third-order valence-corrected chi connectivity index (χ3v) is 4.63. The minimum Gasteiger partial charge on any atom is -0.486 e. The van der Waals surface area contributed by atoms with E-state index in [1.165, 1.54) is 30.0 Å². The third-order valence-electron chi connectivity index (χ3n) is 3.32. The maximum absolute atomic E-state index is 12.1. The molecule has 9 heteroatoms. The van der Waals surface area contributed by atoms with Gasteiger partial charge in [-0.2, -0.15) is 0 Å². The topological polar surface area (TPSA) is 90.7 Å². The molecule has 25 heavy (non-hydrogen) atoms. The van der Waals surface area contributed by atoms with Gasteiger partial charge in [-0.1, -0.05) is 11.6 Å². The predicted octanol–water partition coefficient (Wildman–Crippen LogP) is 3.75. The average molecular weight is 381 g/mol. The van der Waals surface area contributed by atoms with E-state index in [0.29, 0.717) is 30.4 Å². The van der Waals surface area contributed by atoms with Crippen LogP contribution in [0.15, 0.2) is 41.3 Å². The highest BCUT2D eigenvalue weighted by molar-refractivity contribution is 8.00. The van der Waals surface area contributed by atoms with Crippen molar-refractivity contribution < 1.29 is 19.2 Å². The molecule has 1 amide bonds. The number of nitrogens with zero attached hydrogens (tertiary/aromatic N) is 1. The van der Waals surface area contributed by atoms with Crippen LogP contribution in [0.2, 0.25) is 5.02 Å². The number of hydrogen-bond acceptors (Lipinski definition) is 6. The molecule has 0 aromatic heterocycles. The first-order valence-corrected chi connectivity index (χ1v) is 8.65. The summed E-state index contributed by atoms with van der Waals surface area (Å²) in [5.41, 5.74) is 0.202. The highest BCUT2D eigenvalue weighted by Gasteiger charge is 2.14. The molecule has 0 saturated carbocycles. The van der Waals surface area contributed by atoms with Gasteiger partial charge in [0.25, 0.3) is 5.69 Å². The van der Waals surface area contributed by atoms with Crippen LogP contribution in [0.3, 0.4) is 0 Å². The van der Waals surface area contributed by atoms with Crippen LogP contribution in [0.25, 0.3) is 0 Å². The van der Waals surface area contributed by atoms with Gasteiger partial charge in [0.05, 0.1) is 21.4 Å². The van der Waals surface area contributed by atoms with Crippen LogP contribution in [-0.2, 0) is 4.79 Å². The lowest BCUT2D eigenvalue weighted by Gasteiger charge is -2.18. The first-order chi connectivity index (χ1) is 12.0. The fraction of sp³-hybridized carbons (Fsp3) is 0.188. The number of nitro benzene ring substituents is 1. The van der Waals surface area contributed by atoms with Crippen LogP contribution in [-0.4, -0.2) is 29.8 Å². The van der Waals surface area contributed by atoms with Crippen LogP contribution in [0.5, 0.6) is 11.5 Å². The van der Waals surface area contributed by atoms with Crippen molar-refractivity contribution in [1.82, 2.24) is 0 Å². The highest BCUT2D eigenvalue weighted by Crippen LogP contribution is 2.34. The Bertz CT molecular complexity index is 830. The maximum atomic E-state index is 12.1. The van der Waals surface area contributed by atoms with E-state index in [-0.39, 0.29) is 22.4 Å². The summed E-state index contributed by atoms with van der Waals surface area (Å²) in [5, 5.41) is 13.4. The molecule has 2 aromatic rings. The van der Waals surface area contributed by atoms with Crippen LogP contribution >= 0.6 is 23.4 Å². The number of amides is 1. The number of benzene rings is 2. The Morgan fingerprint density at radius 3 is 2.68 bits per heavy atom. The summed E-state index contributed by atoms with van der Waals surface area (Å²) >= 11 is 7.29. The average Bonchev–Trinajstić information content (AvgIpc) is 2.61. The van der Waals surface area contributed by atoms with Crippen molar-refractivity contribution in [3.63, 3.8) is 0 Å². The summed E-state index contributed by atoms with van der Waals surface area (Å²) in [6, 6.07) is 9.38. The fourth-order valence-electron chi connectivity index (χ4n) is 2.17. The zero-order chi connectivity index (χ0) is 17.8. The minimum atomic E-state index is -0.546. The number of rotatable bonds is 5. The molecule has 0 atom stereocenters. The Hall–Kier alpha value is -2.45. The largest absolute Gasteiger partial charge is 0.486 e. The molecule has 7 nitrogen and oxygen atoms in total. The van der Waals surface area contributed by atoms with E-state index in [9.17, 15) is 14.9 Å². The molecule has 1 aliphatic heterocycles. The summed E-state index contributed by atoms with van der Waals surface area (Å²) in [6.07, 6.45) is 0. The minimum absolute atomic E-state index is 0.117. The second-order valence-corrected chi connectivity index (χ2v) is 6.52. The van der Waals surface area contributed by atoms with Gasteiger partial charge in [-0.25, -0.2) is 0 Å². The van der Waals surface area contributed by atoms with Gasteiger partial charge in [-0.15, -0.1) is 11.8 Å². The number of fused-ring (bicyclic) bond motifs is 1. The monoisotopic (exact) mass is 380 g/mol. The molecular formula is C16H13ClN2O5S. The van der Waals surface area contributed by atoms with Crippen LogP contribution in [0, 0.1) is 10.1 Å².